The third kappa shape index (κ3) is 3.71. The first-order valence-corrected chi connectivity index (χ1v) is 10.2. The number of aryl methyl sites for hydroxylation is 1. The zero-order valence-corrected chi connectivity index (χ0v) is 17.3. The predicted molar refractivity (Wildman–Crippen MR) is 119 cm³/mol. The van der Waals surface area contributed by atoms with Crippen molar-refractivity contribution >= 4 is 79.8 Å². The van der Waals surface area contributed by atoms with E-state index < -0.39 is 0 Å². The van der Waals surface area contributed by atoms with Gasteiger partial charge in [-0.05, 0) is 42.1 Å². The van der Waals surface area contributed by atoms with Crippen molar-refractivity contribution in [3.8, 4) is 0 Å². The molecular formula is C20H14Cl3N3S. The molecule has 0 unspecified atom stereocenters. The van der Waals surface area contributed by atoms with E-state index in [1.54, 1.807) is 29.7 Å². The number of pyridine rings is 1. The van der Waals surface area contributed by atoms with Crippen LogP contribution in [-0.2, 0) is 0 Å². The summed E-state index contributed by atoms with van der Waals surface area (Å²) in [5.41, 5.74) is 4.01. The molecule has 4 aromatic rings. The Bertz CT molecular complexity index is 1100. The zero-order valence-electron chi connectivity index (χ0n) is 14.2. The van der Waals surface area contributed by atoms with Crippen LogP contribution in [0.25, 0.3) is 10.8 Å². The van der Waals surface area contributed by atoms with Crippen molar-refractivity contribution in [1.82, 2.24) is 4.98 Å². The monoisotopic (exact) mass is 433 g/mol. The summed E-state index contributed by atoms with van der Waals surface area (Å²) in [6.07, 6.45) is 1.78. The van der Waals surface area contributed by atoms with Gasteiger partial charge >= 0.3 is 0 Å². The Balaban J connectivity index is 1.78. The number of rotatable bonds is 4. The Morgan fingerprint density at radius 1 is 0.889 bits per heavy atom. The van der Waals surface area contributed by atoms with Crippen LogP contribution in [-0.4, -0.2) is 4.98 Å². The van der Waals surface area contributed by atoms with Crippen molar-refractivity contribution in [1.29, 1.82) is 0 Å². The number of hydrogen-bond donors (Lipinski definition) is 2. The standard InChI is InChI=1S/C20H14Cl3N3S/c1-11-2-3-15-14(19(11)25-12-5-7-27-10-12)4-6-24-20(15)26-13-8-16(21)18(23)17(22)9-13/h2-10,25H,1H3,(H,24,26). The van der Waals surface area contributed by atoms with Gasteiger partial charge < -0.3 is 10.6 Å². The lowest BCUT2D eigenvalue weighted by atomic mass is 10.1. The predicted octanol–water partition coefficient (Wildman–Crippen LogP) is 8.05. The van der Waals surface area contributed by atoms with E-state index >= 15 is 0 Å². The van der Waals surface area contributed by atoms with Crippen LogP contribution in [0.2, 0.25) is 15.1 Å². The summed E-state index contributed by atoms with van der Waals surface area (Å²) in [6, 6.07) is 11.7. The highest BCUT2D eigenvalue weighted by atomic mass is 35.5. The normalized spacial score (nSPS) is 11.0. The Morgan fingerprint density at radius 3 is 2.37 bits per heavy atom. The fourth-order valence-corrected chi connectivity index (χ4v) is 4.06. The van der Waals surface area contributed by atoms with E-state index in [2.05, 4.69) is 46.1 Å². The number of fused-ring (bicyclic) bond motifs is 1. The Morgan fingerprint density at radius 2 is 1.67 bits per heavy atom. The molecule has 2 heterocycles. The van der Waals surface area contributed by atoms with Crippen LogP contribution in [0.3, 0.4) is 0 Å². The molecule has 2 N–H and O–H groups in total. The highest BCUT2D eigenvalue weighted by Crippen LogP contribution is 2.37. The summed E-state index contributed by atoms with van der Waals surface area (Å²) in [5.74, 6) is 0.718. The van der Waals surface area contributed by atoms with E-state index in [-0.39, 0.29) is 0 Å². The first-order chi connectivity index (χ1) is 13.0. The highest BCUT2D eigenvalue weighted by molar-refractivity contribution is 7.08. The van der Waals surface area contributed by atoms with Gasteiger partial charge in [-0.2, -0.15) is 11.3 Å². The maximum absolute atomic E-state index is 6.14. The van der Waals surface area contributed by atoms with Gasteiger partial charge in [-0.25, -0.2) is 4.98 Å². The maximum atomic E-state index is 6.14. The fourth-order valence-electron chi connectivity index (χ4n) is 2.87. The first kappa shape index (κ1) is 18.4. The topological polar surface area (TPSA) is 37.0 Å². The Hall–Kier alpha value is -1.98. The summed E-state index contributed by atoms with van der Waals surface area (Å²) in [5, 5.41) is 14.1. The van der Waals surface area contributed by atoms with Gasteiger partial charge in [-0.15, -0.1) is 0 Å². The number of benzene rings is 2. The number of halogens is 3. The van der Waals surface area contributed by atoms with Crippen molar-refractivity contribution in [2.45, 2.75) is 6.92 Å². The van der Waals surface area contributed by atoms with E-state index in [9.17, 15) is 0 Å². The molecule has 2 aromatic heterocycles. The fraction of sp³-hybridized carbons (Fsp3) is 0.0500. The van der Waals surface area contributed by atoms with Gasteiger partial charge in [0.1, 0.15) is 5.82 Å². The molecule has 3 nitrogen and oxygen atoms in total. The lowest BCUT2D eigenvalue weighted by Gasteiger charge is -2.15. The number of nitrogens with one attached hydrogen (secondary N) is 2. The number of nitrogens with zero attached hydrogens (tertiary/aromatic N) is 1. The van der Waals surface area contributed by atoms with Gasteiger partial charge in [0.25, 0.3) is 0 Å². The molecule has 0 aliphatic carbocycles. The van der Waals surface area contributed by atoms with E-state index in [0.717, 1.165) is 39.2 Å². The molecule has 7 heteroatoms. The second-order valence-corrected chi connectivity index (χ2v) is 8.00. The number of aromatic nitrogens is 1. The Labute approximate surface area is 175 Å². The maximum Gasteiger partial charge on any atom is 0.138 e. The summed E-state index contributed by atoms with van der Waals surface area (Å²) >= 11 is 20.0. The summed E-state index contributed by atoms with van der Waals surface area (Å²) in [4.78, 5) is 4.50. The minimum absolute atomic E-state index is 0.340. The summed E-state index contributed by atoms with van der Waals surface area (Å²) in [6.45, 7) is 2.08. The van der Waals surface area contributed by atoms with E-state index in [1.807, 2.05) is 11.4 Å². The molecule has 0 radical (unpaired) electrons. The molecule has 136 valence electrons. The van der Waals surface area contributed by atoms with E-state index in [1.165, 1.54) is 0 Å². The molecule has 0 bridgehead atoms. The van der Waals surface area contributed by atoms with Crippen LogP contribution >= 0.6 is 46.1 Å². The van der Waals surface area contributed by atoms with E-state index in [4.69, 9.17) is 34.8 Å². The van der Waals surface area contributed by atoms with Gasteiger partial charge in [0.05, 0.1) is 15.1 Å². The molecule has 0 atom stereocenters. The number of thiophene rings is 1. The summed E-state index contributed by atoms with van der Waals surface area (Å²) in [7, 11) is 0. The van der Waals surface area contributed by atoms with Crippen LogP contribution in [0.4, 0.5) is 22.9 Å². The van der Waals surface area contributed by atoms with Gasteiger partial charge in [0.2, 0.25) is 0 Å². The van der Waals surface area contributed by atoms with Crippen LogP contribution in [0.15, 0.2) is 53.4 Å². The average molecular weight is 435 g/mol. The van der Waals surface area contributed by atoms with Gasteiger partial charge in [-0.3, -0.25) is 0 Å². The molecule has 27 heavy (non-hydrogen) atoms. The van der Waals surface area contributed by atoms with Crippen LogP contribution < -0.4 is 10.6 Å². The minimum Gasteiger partial charge on any atom is -0.354 e. The minimum atomic E-state index is 0.340. The lowest BCUT2D eigenvalue weighted by Crippen LogP contribution is -1.98. The van der Waals surface area contributed by atoms with Crippen LogP contribution in [0.1, 0.15) is 5.56 Å². The van der Waals surface area contributed by atoms with Crippen LogP contribution in [0, 0.1) is 6.92 Å². The Kier molecular flexibility index (Phi) is 5.15. The van der Waals surface area contributed by atoms with Crippen molar-refractivity contribution in [3.05, 3.63) is 74.0 Å². The molecule has 0 saturated carbocycles. The van der Waals surface area contributed by atoms with Gasteiger partial charge in [-0.1, -0.05) is 46.9 Å². The molecule has 0 spiro atoms. The number of hydrogen-bond acceptors (Lipinski definition) is 4. The lowest BCUT2D eigenvalue weighted by molar-refractivity contribution is 1.33. The third-order valence-corrected chi connectivity index (χ3v) is 6.07. The van der Waals surface area contributed by atoms with Crippen molar-refractivity contribution in [3.63, 3.8) is 0 Å². The molecule has 0 amide bonds. The van der Waals surface area contributed by atoms with Gasteiger partial charge in [0.15, 0.2) is 0 Å². The smallest absolute Gasteiger partial charge is 0.138 e. The quantitative estimate of drug-likeness (QED) is 0.319. The molecule has 2 aromatic carbocycles. The molecule has 0 fully saturated rings. The first-order valence-electron chi connectivity index (χ1n) is 8.12. The average Bonchev–Trinajstić information content (AvgIpc) is 3.15. The second kappa shape index (κ2) is 7.56. The largest absolute Gasteiger partial charge is 0.354 e. The van der Waals surface area contributed by atoms with Crippen LogP contribution in [0.5, 0.6) is 0 Å². The summed E-state index contributed by atoms with van der Waals surface area (Å²) < 4.78 is 0. The van der Waals surface area contributed by atoms with E-state index in [0.29, 0.717) is 15.1 Å². The van der Waals surface area contributed by atoms with Crippen molar-refractivity contribution in [2.75, 3.05) is 10.6 Å². The van der Waals surface area contributed by atoms with Crippen molar-refractivity contribution in [2.24, 2.45) is 0 Å². The molecule has 0 saturated heterocycles. The zero-order chi connectivity index (χ0) is 19.0. The number of anilines is 4. The molecule has 0 aliphatic heterocycles. The van der Waals surface area contributed by atoms with Gasteiger partial charge in [0, 0.05) is 39.4 Å². The second-order valence-electron chi connectivity index (χ2n) is 6.03. The molecule has 0 aliphatic rings. The highest BCUT2D eigenvalue weighted by Gasteiger charge is 2.11. The molecular weight excluding hydrogens is 421 g/mol. The molecule has 4 rings (SSSR count). The third-order valence-electron chi connectivity index (χ3n) is 4.19. The SMILES string of the molecule is Cc1ccc2c(Nc3cc(Cl)c(Cl)c(Cl)c3)nccc2c1Nc1ccsc1. The van der Waals surface area contributed by atoms with Crippen molar-refractivity contribution < 1.29 is 0 Å².